The smallest absolute Gasteiger partial charge is 0.321 e. The van der Waals surface area contributed by atoms with E-state index >= 15 is 0 Å². The standard InChI is InChI=1S/C11H17ClN4O2/c1-8-6-9(2)16(15-8)5-3-4-13-11(18)14-10(17)7-12/h6H,3-5,7H2,1-2H3,(H2,13,14,17,18). The number of urea groups is 1. The molecule has 0 aliphatic rings. The summed E-state index contributed by atoms with van der Waals surface area (Å²) in [6, 6.07) is 1.48. The van der Waals surface area contributed by atoms with Crippen LogP contribution in [0.5, 0.6) is 0 Å². The van der Waals surface area contributed by atoms with E-state index in [9.17, 15) is 9.59 Å². The fraction of sp³-hybridized carbons (Fsp3) is 0.545. The topological polar surface area (TPSA) is 76.0 Å². The zero-order valence-corrected chi connectivity index (χ0v) is 11.3. The van der Waals surface area contributed by atoms with E-state index in [1.54, 1.807) is 0 Å². The van der Waals surface area contributed by atoms with Crippen molar-refractivity contribution in [2.45, 2.75) is 26.8 Å². The third-order valence-electron chi connectivity index (χ3n) is 2.31. The SMILES string of the molecule is Cc1cc(C)n(CCCNC(=O)NC(=O)CCl)n1. The van der Waals surface area contributed by atoms with Crippen molar-refractivity contribution in [1.82, 2.24) is 20.4 Å². The predicted molar refractivity (Wildman–Crippen MR) is 68.6 cm³/mol. The molecule has 6 nitrogen and oxygen atoms in total. The molecule has 1 rings (SSSR count). The largest absolute Gasteiger partial charge is 0.338 e. The second-order valence-electron chi connectivity index (χ2n) is 3.94. The van der Waals surface area contributed by atoms with Gasteiger partial charge in [0, 0.05) is 18.8 Å². The summed E-state index contributed by atoms with van der Waals surface area (Å²) in [5.74, 6) is -0.730. The molecule has 2 N–H and O–H groups in total. The van der Waals surface area contributed by atoms with Gasteiger partial charge in [0.2, 0.25) is 5.91 Å². The minimum absolute atomic E-state index is 0.223. The number of aryl methyl sites for hydroxylation is 3. The normalized spacial score (nSPS) is 10.2. The van der Waals surface area contributed by atoms with Crippen LogP contribution in [0, 0.1) is 13.8 Å². The zero-order valence-electron chi connectivity index (χ0n) is 10.5. The number of halogens is 1. The molecule has 0 saturated carbocycles. The predicted octanol–water partition coefficient (Wildman–Crippen LogP) is 0.955. The maximum atomic E-state index is 11.2. The highest BCUT2D eigenvalue weighted by molar-refractivity contribution is 6.28. The van der Waals surface area contributed by atoms with Crippen molar-refractivity contribution in [2.75, 3.05) is 12.4 Å². The van der Waals surface area contributed by atoms with Crippen LogP contribution < -0.4 is 10.6 Å². The molecule has 0 spiro atoms. The van der Waals surface area contributed by atoms with E-state index in [2.05, 4.69) is 15.7 Å². The molecule has 1 aromatic heterocycles. The van der Waals surface area contributed by atoms with Crippen molar-refractivity contribution in [3.63, 3.8) is 0 Å². The highest BCUT2D eigenvalue weighted by Crippen LogP contribution is 2.01. The number of alkyl halides is 1. The van der Waals surface area contributed by atoms with Crippen molar-refractivity contribution in [3.05, 3.63) is 17.5 Å². The Hall–Kier alpha value is -1.56. The first-order chi connectivity index (χ1) is 8.52. The molecule has 0 fully saturated rings. The summed E-state index contributed by atoms with van der Waals surface area (Å²) in [5.41, 5.74) is 2.07. The minimum Gasteiger partial charge on any atom is -0.338 e. The van der Waals surface area contributed by atoms with Gasteiger partial charge in [-0.25, -0.2) is 4.79 Å². The van der Waals surface area contributed by atoms with E-state index in [0.717, 1.165) is 24.4 Å². The first-order valence-electron chi connectivity index (χ1n) is 5.67. The quantitative estimate of drug-likeness (QED) is 0.619. The molecule has 18 heavy (non-hydrogen) atoms. The number of hydrogen-bond acceptors (Lipinski definition) is 3. The number of carbonyl (C=O) groups is 2. The Morgan fingerprint density at radius 2 is 2.17 bits per heavy atom. The maximum Gasteiger partial charge on any atom is 0.321 e. The summed E-state index contributed by atoms with van der Waals surface area (Å²) in [6.45, 7) is 5.12. The van der Waals surface area contributed by atoms with E-state index in [1.807, 2.05) is 24.6 Å². The lowest BCUT2D eigenvalue weighted by molar-refractivity contribution is -0.117. The Balaban J connectivity index is 2.21. The van der Waals surface area contributed by atoms with E-state index in [1.165, 1.54) is 0 Å². The van der Waals surface area contributed by atoms with Crippen LogP contribution in [-0.4, -0.2) is 34.1 Å². The van der Waals surface area contributed by atoms with Crippen LogP contribution in [0.15, 0.2) is 6.07 Å². The number of nitrogens with zero attached hydrogens (tertiary/aromatic N) is 2. The average molecular weight is 273 g/mol. The molecule has 3 amide bonds. The van der Waals surface area contributed by atoms with Gasteiger partial charge in [0.05, 0.1) is 5.69 Å². The van der Waals surface area contributed by atoms with Crippen LogP contribution in [0.2, 0.25) is 0 Å². The van der Waals surface area contributed by atoms with Crippen molar-refractivity contribution in [3.8, 4) is 0 Å². The Morgan fingerprint density at radius 1 is 1.44 bits per heavy atom. The summed E-state index contributed by atoms with van der Waals surface area (Å²) in [7, 11) is 0. The number of rotatable bonds is 5. The van der Waals surface area contributed by atoms with Crippen molar-refractivity contribution < 1.29 is 9.59 Å². The fourth-order valence-corrected chi connectivity index (χ4v) is 1.60. The third-order valence-corrected chi connectivity index (χ3v) is 2.55. The lowest BCUT2D eigenvalue weighted by Crippen LogP contribution is -2.40. The first-order valence-corrected chi connectivity index (χ1v) is 6.21. The third kappa shape index (κ3) is 4.75. The van der Waals surface area contributed by atoms with Crippen molar-refractivity contribution >= 4 is 23.5 Å². The maximum absolute atomic E-state index is 11.2. The van der Waals surface area contributed by atoms with Gasteiger partial charge >= 0.3 is 6.03 Å². The number of hydrogen-bond donors (Lipinski definition) is 2. The van der Waals surface area contributed by atoms with E-state index in [-0.39, 0.29) is 5.88 Å². The van der Waals surface area contributed by atoms with E-state index in [4.69, 9.17) is 11.6 Å². The van der Waals surface area contributed by atoms with Gasteiger partial charge in [-0.2, -0.15) is 5.10 Å². The summed E-state index contributed by atoms with van der Waals surface area (Å²) in [5, 5.41) is 8.98. The molecular weight excluding hydrogens is 256 g/mol. The second-order valence-corrected chi connectivity index (χ2v) is 4.21. The molecule has 0 aliphatic carbocycles. The summed E-state index contributed by atoms with van der Waals surface area (Å²) in [4.78, 5) is 22.0. The molecule has 1 heterocycles. The molecule has 0 radical (unpaired) electrons. The van der Waals surface area contributed by atoms with Gasteiger partial charge in [-0.3, -0.25) is 14.8 Å². The number of nitrogens with one attached hydrogen (secondary N) is 2. The number of aromatic nitrogens is 2. The molecule has 0 saturated heterocycles. The molecule has 0 bridgehead atoms. The van der Waals surface area contributed by atoms with Crippen LogP contribution in [0.1, 0.15) is 17.8 Å². The van der Waals surface area contributed by atoms with Gasteiger partial charge in [0.1, 0.15) is 5.88 Å². The van der Waals surface area contributed by atoms with Gasteiger partial charge in [-0.1, -0.05) is 0 Å². The minimum atomic E-state index is -0.519. The molecule has 0 atom stereocenters. The van der Waals surface area contributed by atoms with E-state index in [0.29, 0.717) is 6.54 Å². The molecule has 1 aromatic rings. The van der Waals surface area contributed by atoms with Gasteiger partial charge in [-0.05, 0) is 26.3 Å². The highest BCUT2D eigenvalue weighted by Gasteiger charge is 2.05. The molecule has 0 unspecified atom stereocenters. The lowest BCUT2D eigenvalue weighted by atomic mass is 10.4. The zero-order chi connectivity index (χ0) is 13.5. The van der Waals surface area contributed by atoms with Gasteiger partial charge in [-0.15, -0.1) is 11.6 Å². The van der Waals surface area contributed by atoms with Crippen LogP contribution in [0.4, 0.5) is 4.79 Å². The first kappa shape index (κ1) is 14.5. The monoisotopic (exact) mass is 272 g/mol. The molecule has 100 valence electrons. The average Bonchev–Trinajstić information content (AvgIpc) is 2.63. The van der Waals surface area contributed by atoms with Crippen LogP contribution in [0.3, 0.4) is 0 Å². The molecular formula is C11H17ClN4O2. The fourth-order valence-electron chi connectivity index (χ4n) is 1.54. The number of carbonyl (C=O) groups excluding carboxylic acids is 2. The number of amides is 3. The Labute approximate surface area is 111 Å². The Kier molecular flexibility index (Phi) is 5.64. The van der Waals surface area contributed by atoms with Crippen molar-refractivity contribution in [2.24, 2.45) is 0 Å². The van der Waals surface area contributed by atoms with E-state index < -0.39 is 11.9 Å². The molecule has 0 aromatic carbocycles. The summed E-state index contributed by atoms with van der Waals surface area (Å²) >= 11 is 5.25. The van der Waals surface area contributed by atoms with Crippen molar-refractivity contribution in [1.29, 1.82) is 0 Å². The Bertz CT molecular complexity index is 431. The highest BCUT2D eigenvalue weighted by atomic mass is 35.5. The summed E-state index contributed by atoms with van der Waals surface area (Å²) < 4.78 is 1.89. The van der Waals surface area contributed by atoms with Crippen LogP contribution in [-0.2, 0) is 11.3 Å². The van der Waals surface area contributed by atoms with Gasteiger partial charge in [0.25, 0.3) is 0 Å². The van der Waals surface area contributed by atoms with Crippen LogP contribution >= 0.6 is 11.6 Å². The van der Waals surface area contributed by atoms with Gasteiger partial charge in [0.15, 0.2) is 0 Å². The second kappa shape index (κ2) is 7.00. The Morgan fingerprint density at radius 3 is 2.72 bits per heavy atom. The lowest BCUT2D eigenvalue weighted by Gasteiger charge is -2.06. The molecule has 0 aliphatic heterocycles. The van der Waals surface area contributed by atoms with Crippen LogP contribution in [0.25, 0.3) is 0 Å². The molecule has 7 heteroatoms. The number of imide groups is 1. The summed E-state index contributed by atoms with van der Waals surface area (Å²) in [6.07, 6.45) is 0.741. The van der Waals surface area contributed by atoms with Gasteiger partial charge < -0.3 is 5.32 Å².